The summed E-state index contributed by atoms with van der Waals surface area (Å²) in [7, 11) is 2.37. The van der Waals surface area contributed by atoms with Gasteiger partial charge in [0.25, 0.3) is 0 Å². The Labute approximate surface area is 175 Å². The van der Waals surface area contributed by atoms with Gasteiger partial charge in [-0.15, -0.1) is 0 Å². The van der Waals surface area contributed by atoms with Gasteiger partial charge in [0.15, 0.2) is 5.75 Å². The molecule has 0 heterocycles. The molecule has 0 amide bonds. The van der Waals surface area contributed by atoms with E-state index in [0.717, 1.165) is 19.2 Å². The van der Waals surface area contributed by atoms with Crippen molar-refractivity contribution in [3.63, 3.8) is 0 Å². The highest BCUT2D eigenvalue weighted by Crippen LogP contribution is 2.41. The van der Waals surface area contributed by atoms with Crippen molar-refractivity contribution in [1.82, 2.24) is 0 Å². The largest absolute Gasteiger partial charge is 0.493 e. The summed E-state index contributed by atoms with van der Waals surface area (Å²) in [6.45, 7) is 0. The molecule has 0 aromatic heterocycles. The minimum absolute atomic E-state index is 0.0552. The van der Waals surface area contributed by atoms with Crippen molar-refractivity contribution < 1.29 is 40.7 Å². The smallest absolute Gasteiger partial charge is 0.416 e. The number of methoxy groups -OCH3 is 2. The summed E-state index contributed by atoms with van der Waals surface area (Å²) in [5, 5.41) is 9.90. The number of ether oxygens (including phenoxy) is 2. The number of nitro benzene ring substituents is 1. The maximum absolute atomic E-state index is 12.3. The Morgan fingerprint density at radius 1 is 0.867 bits per heavy atom. The fraction of sp³-hybridized carbons (Fsp3) is 0.250. The molecule has 0 radical (unpaired) electrons. The average molecular weight is 481 g/mol. The SMILES string of the molecule is COc1c(Cl)cc(C(F)(F)F)cc1[N+](=O)[O-].COc1c(N)cc(C(F)(F)F)cc1Cl. The third-order valence-electron chi connectivity index (χ3n) is 3.36. The van der Waals surface area contributed by atoms with Gasteiger partial charge in [-0.25, -0.2) is 0 Å². The highest BCUT2D eigenvalue weighted by molar-refractivity contribution is 6.32. The van der Waals surface area contributed by atoms with E-state index in [4.69, 9.17) is 33.7 Å². The zero-order valence-electron chi connectivity index (χ0n) is 15.0. The van der Waals surface area contributed by atoms with E-state index in [1.807, 2.05) is 0 Å². The molecule has 2 N–H and O–H groups in total. The van der Waals surface area contributed by atoms with Gasteiger partial charge >= 0.3 is 18.0 Å². The van der Waals surface area contributed by atoms with Crippen LogP contribution in [0.2, 0.25) is 10.0 Å². The lowest BCUT2D eigenvalue weighted by atomic mass is 10.2. The first kappa shape index (κ1) is 25.4. The van der Waals surface area contributed by atoms with Crippen molar-refractivity contribution in [2.24, 2.45) is 0 Å². The quantitative estimate of drug-likeness (QED) is 0.243. The van der Waals surface area contributed by atoms with Crippen LogP contribution in [-0.2, 0) is 12.4 Å². The Morgan fingerprint density at radius 2 is 1.27 bits per heavy atom. The van der Waals surface area contributed by atoms with Gasteiger partial charge in [0.2, 0.25) is 5.75 Å². The summed E-state index contributed by atoms with van der Waals surface area (Å²) in [5.41, 5.74) is 2.29. The Kier molecular flexibility index (Phi) is 8.03. The van der Waals surface area contributed by atoms with Crippen molar-refractivity contribution in [2.75, 3.05) is 20.0 Å². The molecule has 30 heavy (non-hydrogen) atoms. The number of anilines is 1. The van der Waals surface area contributed by atoms with E-state index >= 15 is 0 Å². The fourth-order valence-corrected chi connectivity index (χ4v) is 2.67. The second-order valence-electron chi connectivity index (χ2n) is 5.34. The van der Waals surface area contributed by atoms with Crippen LogP contribution in [-0.4, -0.2) is 19.1 Å². The van der Waals surface area contributed by atoms with E-state index in [-0.39, 0.29) is 22.2 Å². The number of nitrogens with zero attached hydrogens (tertiary/aromatic N) is 1. The van der Waals surface area contributed by atoms with E-state index in [0.29, 0.717) is 12.1 Å². The number of nitrogen functional groups attached to an aromatic ring is 1. The lowest BCUT2D eigenvalue weighted by Crippen LogP contribution is -2.06. The summed E-state index contributed by atoms with van der Waals surface area (Å²) < 4.78 is 82.9. The summed E-state index contributed by atoms with van der Waals surface area (Å²) in [6, 6.07) is 2.51. The molecule has 0 aliphatic carbocycles. The summed E-state index contributed by atoms with van der Waals surface area (Å²) in [5.74, 6) is -0.334. The molecule has 166 valence electrons. The molecule has 0 atom stereocenters. The van der Waals surface area contributed by atoms with Crippen molar-refractivity contribution in [1.29, 1.82) is 0 Å². The van der Waals surface area contributed by atoms with E-state index in [1.165, 1.54) is 7.11 Å². The minimum Gasteiger partial charge on any atom is -0.493 e. The Bertz CT molecular complexity index is 912. The number of nitrogens with two attached hydrogens (primary N) is 1. The monoisotopic (exact) mass is 480 g/mol. The van der Waals surface area contributed by atoms with E-state index in [2.05, 4.69) is 4.74 Å². The highest BCUT2D eigenvalue weighted by atomic mass is 35.5. The molecule has 2 aromatic carbocycles. The van der Waals surface area contributed by atoms with Gasteiger partial charge in [0.05, 0.1) is 46.0 Å². The molecule has 0 saturated carbocycles. The van der Waals surface area contributed by atoms with Crippen LogP contribution >= 0.6 is 23.2 Å². The molecule has 6 nitrogen and oxygen atoms in total. The van der Waals surface area contributed by atoms with Crippen molar-refractivity contribution in [3.8, 4) is 11.5 Å². The third-order valence-corrected chi connectivity index (χ3v) is 3.92. The second-order valence-corrected chi connectivity index (χ2v) is 6.16. The number of alkyl halides is 6. The van der Waals surface area contributed by atoms with E-state index < -0.39 is 39.1 Å². The van der Waals surface area contributed by atoms with Gasteiger partial charge in [-0.05, 0) is 18.2 Å². The van der Waals surface area contributed by atoms with Crippen LogP contribution in [0.4, 0.5) is 37.7 Å². The first-order valence-electron chi connectivity index (χ1n) is 7.42. The zero-order valence-corrected chi connectivity index (χ0v) is 16.5. The van der Waals surface area contributed by atoms with Crippen LogP contribution in [0.15, 0.2) is 24.3 Å². The van der Waals surface area contributed by atoms with Crippen LogP contribution in [0.3, 0.4) is 0 Å². The molecule has 0 aliphatic heterocycles. The predicted octanol–water partition coefficient (Wildman–Crippen LogP) is 6.23. The minimum atomic E-state index is -4.69. The first-order valence-corrected chi connectivity index (χ1v) is 8.18. The summed E-state index contributed by atoms with van der Waals surface area (Å²) in [6.07, 6.45) is -9.15. The molecule has 0 unspecified atom stereocenters. The molecular weight excluding hydrogens is 469 g/mol. The van der Waals surface area contributed by atoms with Crippen LogP contribution in [0.5, 0.6) is 11.5 Å². The number of hydrogen-bond acceptors (Lipinski definition) is 5. The fourth-order valence-electron chi connectivity index (χ4n) is 2.07. The predicted molar refractivity (Wildman–Crippen MR) is 97.1 cm³/mol. The Balaban J connectivity index is 0.000000303. The third kappa shape index (κ3) is 6.20. The molecule has 0 fully saturated rings. The zero-order chi connectivity index (χ0) is 23.4. The number of hydrogen-bond donors (Lipinski definition) is 1. The molecule has 0 spiro atoms. The van der Waals surface area contributed by atoms with Gasteiger partial charge < -0.3 is 15.2 Å². The molecule has 2 rings (SSSR count). The van der Waals surface area contributed by atoms with Gasteiger partial charge in [-0.3, -0.25) is 10.1 Å². The standard InChI is InChI=1S/C8H5ClF3NO3.C8H7ClF3NO/c1-16-7-5(9)2-4(8(10,11)12)3-6(7)13(14)15;1-14-7-5(9)2-4(3-6(7)13)8(10,11)12/h2-3H,1H3;2-3H,13H2,1H3. The molecule has 14 heteroatoms. The Morgan fingerprint density at radius 3 is 1.60 bits per heavy atom. The van der Waals surface area contributed by atoms with Gasteiger partial charge in [-0.1, -0.05) is 23.2 Å². The van der Waals surface area contributed by atoms with E-state index in [9.17, 15) is 36.5 Å². The second kappa shape index (κ2) is 9.47. The lowest BCUT2D eigenvalue weighted by Gasteiger charge is -2.11. The molecule has 0 aliphatic rings. The summed E-state index contributed by atoms with van der Waals surface area (Å²) >= 11 is 11.0. The van der Waals surface area contributed by atoms with Gasteiger partial charge in [0.1, 0.15) is 0 Å². The van der Waals surface area contributed by atoms with Gasteiger partial charge in [0, 0.05) is 6.07 Å². The van der Waals surface area contributed by atoms with Crippen LogP contribution in [0.25, 0.3) is 0 Å². The van der Waals surface area contributed by atoms with Crippen molar-refractivity contribution in [3.05, 3.63) is 55.6 Å². The Hall–Kier alpha value is -2.60. The maximum Gasteiger partial charge on any atom is 0.416 e. The average Bonchev–Trinajstić information content (AvgIpc) is 2.59. The molecule has 0 saturated heterocycles. The highest BCUT2D eigenvalue weighted by Gasteiger charge is 2.35. The number of benzene rings is 2. The first-order chi connectivity index (χ1) is 13.6. The van der Waals surface area contributed by atoms with E-state index in [1.54, 1.807) is 0 Å². The van der Waals surface area contributed by atoms with Crippen molar-refractivity contribution in [2.45, 2.75) is 12.4 Å². The number of nitro groups is 1. The number of halogens is 8. The lowest BCUT2D eigenvalue weighted by molar-refractivity contribution is -0.386. The van der Waals surface area contributed by atoms with Crippen LogP contribution in [0.1, 0.15) is 11.1 Å². The summed E-state index contributed by atoms with van der Waals surface area (Å²) in [4.78, 5) is 9.53. The normalized spacial score (nSPS) is 11.4. The molecular formula is C16H12Cl2F6N2O4. The van der Waals surface area contributed by atoms with Gasteiger partial charge in [-0.2, -0.15) is 26.3 Å². The van der Waals surface area contributed by atoms with Crippen LogP contribution in [0, 0.1) is 10.1 Å². The number of rotatable bonds is 3. The van der Waals surface area contributed by atoms with Crippen LogP contribution < -0.4 is 15.2 Å². The maximum atomic E-state index is 12.3. The topological polar surface area (TPSA) is 87.6 Å². The van der Waals surface area contributed by atoms with Crippen molar-refractivity contribution >= 4 is 34.6 Å². The molecule has 2 aromatic rings. The molecule has 0 bridgehead atoms.